The highest BCUT2D eigenvalue weighted by molar-refractivity contribution is 5.77. The standard InChI is InChI=1S/C20H23N3O2/c1-23-18-11-6-5-10-17(18)22-19(23)12-7-13-21-20(24)15-25-14-16-8-3-2-4-9-16/h2-6,8-11H,7,12-15H2,1H3,(H,21,24). The smallest absolute Gasteiger partial charge is 0.246 e. The average molecular weight is 337 g/mol. The number of nitrogens with one attached hydrogen (secondary N) is 1. The zero-order valence-electron chi connectivity index (χ0n) is 14.4. The van der Waals surface area contributed by atoms with Gasteiger partial charge in [-0.15, -0.1) is 0 Å². The van der Waals surface area contributed by atoms with E-state index in [1.54, 1.807) is 0 Å². The number of fused-ring (bicyclic) bond motifs is 1. The summed E-state index contributed by atoms with van der Waals surface area (Å²) in [5.74, 6) is 0.955. The largest absolute Gasteiger partial charge is 0.367 e. The first-order valence-electron chi connectivity index (χ1n) is 8.53. The summed E-state index contributed by atoms with van der Waals surface area (Å²) >= 11 is 0. The molecule has 0 atom stereocenters. The van der Waals surface area contributed by atoms with E-state index in [4.69, 9.17) is 4.74 Å². The molecule has 0 aliphatic heterocycles. The summed E-state index contributed by atoms with van der Waals surface area (Å²) in [6.07, 6.45) is 1.68. The molecule has 0 spiro atoms. The van der Waals surface area contributed by atoms with Crippen molar-refractivity contribution >= 4 is 16.9 Å². The van der Waals surface area contributed by atoms with Gasteiger partial charge in [0.2, 0.25) is 5.91 Å². The normalized spacial score (nSPS) is 10.9. The quantitative estimate of drug-likeness (QED) is 0.643. The minimum absolute atomic E-state index is 0.0825. The fourth-order valence-electron chi connectivity index (χ4n) is 2.78. The fourth-order valence-corrected chi connectivity index (χ4v) is 2.78. The van der Waals surface area contributed by atoms with Crippen molar-refractivity contribution in [3.8, 4) is 0 Å². The van der Waals surface area contributed by atoms with E-state index in [0.29, 0.717) is 13.2 Å². The highest BCUT2D eigenvalue weighted by Gasteiger charge is 2.07. The third-order valence-electron chi connectivity index (χ3n) is 4.12. The number of amides is 1. The third kappa shape index (κ3) is 4.67. The van der Waals surface area contributed by atoms with Crippen molar-refractivity contribution in [1.29, 1.82) is 0 Å². The molecule has 0 fully saturated rings. The molecule has 0 radical (unpaired) electrons. The van der Waals surface area contributed by atoms with Crippen molar-refractivity contribution in [2.24, 2.45) is 7.05 Å². The average Bonchev–Trinajstić information content (AvgIpc) is 2.96. The molecule has 0 aliphatic carbocycles. The molecule has 0 unspecified atom stereocenters. The lowest BCUT2D eigenvalue weighted by Crippen LogP contribution is -2.28. The molecule has 2 aromatic carbocycles. The van der Waals surface area contributed by atoms with Gasteiger partial charge >= 0.3 is 0 Å². The molecule has 1 aromatic heterocycles. The Morgan fingerprint density at radius 1 is 1.12 bits per heavy atom. The van der Waals surface area contributed by atoms with Crippen LogP contribution in [0.3, 0.4) is 0 Å². The summed E-state index contributed by atoms with van der Waals surface area (Å²) in [6, 6.07) is 17.9. The first-order valence-corrected chi connectivity index (χ1v) is 8.53. The van der Waals surface area contributed by atoms with Gasteiger partial charge in [-0.2, -0.15) is 0 Å². The maximum absolute atomic E-state index is 11.8. The number of benzene rings is 2. The molecule has 5 nitrogen and oxygen atoms in total. The number of para-hydroxylation sites is 2. The molecular formula is C20H23N3O2. The van der Waals surface area contributed by atoms with Gasteiger partial charge in [0, 0.05) is 20.0 Å². The number of aryl methyl sites for hydroxylation is 2. The second-order valence-electron chi connectivity index (χ2n) is 6.01. The Kier molecular flexibility index (Phi) is 5.80. The topological polar surface area (TPSA) is 56.2 Å². The minimum atomic E-state index is -0.0825. The predicted octanol–water partition coefficient (Wildman–Crippen LogP) is 2.84. The first-order chi connectivity index (χ1) is 12.2. The molecule has 0 aliphatic rings. The van der Waals surface area contributed by atoms with Crippen LogP contribution in [0.25, 0.3) is 11.0 Å². The summed E-state index contributed by atoms with van der Waals surface area (Å²) < 4.78 is 7.54. The molecular weight excluding hydrogens is 314 g/mol. The Bertz CT molecular complexity index is 827. The van der Waals surface area contributed by atoms with Crippen molar-refractivity contribution in [3.63, 3.8) is 0 Å². The molecule has 0 saturated carbocycles. The maximum Gasteiger partial charge on any atom is 0.246 e. The Morgan fingerprint density at radius 3 is 2.68 bits per heavy atom. The molecule has 0 bridgehead atoms. The SMILES string of the molecule is Cn1c(CCCNC(=O)COCc2ccccc2)nc2ccccc21. The van der Waals surface area contributed by atoms with Gasteiger partial charge in [0.15, 0.2) is 0 Å². The van der Waals surface area contributed by atoms with E-state index in [1.165, 1.54) is 0 Å². The van der Waals surface area contributed by atoms with Crippen molar-refractivity contribution in [3.05, 3.63) is 66.0 Å². The van der Waals surface area contributed by atoms with Gasteiger partial charge in [-0.3, -0.25) is 4.79 Å². The molecule has 1 amide bonds. The molecule has 130 valence electrons. The zero-order chi connectivity index (χ0) is 17.5. The van der Waals surface area contributed by atoms with Crippen molar-refractivity contribution < 1.29 is 9.53 Å². The lowest BCUT2D eigenvalue weighted by Gasteiger charge is -2.07. The van der Waals surface area contributed by atoms with Crippen molar-refractivity contribution in [1.82, 2.24) is 14.9 Å². The summed E-state index contributed by atoms with van der Waals surface area (Å²) in [4.78, 5) is 16.4. The number of imidazole rings is 1. The van der Waals surface area contributed by atoms with Crippen LogP contribution in [-0.2, 0) is 29.6 Å². The van der Waals surface area contributed by atoms with Crippen LogP contribution in [0.5, 0.6) is 0 Å². The van der Waals surface area contributed by atoms with Crippen LogP contribution in [0.15, 0.2) is 54.6 Å². The van der Waals surface area contributed by atoms with Crippen LogP contribution < -0.4 is 5.32 Å². The van der Waals surface area contributed by atoms with Crippen molar-refractivity contribution in [2.45, 2.75) is 19.4 Å². The Morgan fingerprint density at radius 2 is 1.88 bits per heavy atom. The van der Waals surface area contributed by atoms with Gasteiger partial charge in [0.1, 0.15) is 12.4 Å². The molecule has 3 aromatic rings. The number of carbonyl (C=O) groups is 1. The molecule has 5 heteroatoms. The second kappa shape index (κ2) is 8.44. The van der Waals surface area contributed by atoms with Crippen LogP contribution in [0, 0.1) is 0 Å². The molecule has 25 heavy (non-hydrogen) atoms. The maximum atomic E-state index is 11.8. The molecule has 0 saturated heterocycles. The van der Waals surface area contributed by atoms with E-state index >= 15 is 0 Å². The van der Waals surface area contributed by atoms with Crippen LogP contribution in [0.1, 0.15) is 17.8 Å². The van der Waals surface area contributed by atoms with Crippen molar-refractivity contribution in [2.75, 3.05) is 13.2 Å². The second-order valence-corrected chi connectivity index (χ2v) is 6.01. The molecule has 3 rings (SSSR count). The monoisotopic (exact) mass is 337 g/mol. The van der Waals surface area contributed by atoms with Gasteiger partial charge in [-0.25, -0.2) is 4.98 Å². The number of aromatic nitrogens is 2. The van der Waals surface area contributed by atoms with Gasteiger partial charge in [-0.1, -0.05) is 42.5 Å². The number of ether oxygens (including phenoxy) is 1. The number of carbonyl (C=O) groups excluding carboxylic acids is 1. The number of rotatable bonds is 8. The lowest BCUT2D eigenvalue weighted by molar-refractivity contribution is -0.126. The van der Waals surface area contributed by atoms with E-state index in [9.17, 15) is 4.79 Å². The summed E-state index contributed by atoms with van der Waals surface area (Å²) in [5.41, 5.74) is 3.21. The first kappa shape index (κ1) is 17.2. The predicted molar refractivity (Wildman–Crippen MR) is 98.1 cm³/mol. The minimum Gasteiger partial charge on any atom is -0.367 e. The van der Waals surface area contributed by atoms with Gasteiger partial charge in [0.05, 0.1) is 17.6 Å². The summed E-state index contributed by atoms with van der Waals surface area (Å²) in [6.45, 7) is 1.16. The van der Waals surface area contributed by atoms with E-state index in [0.717, 1.165) is 35.3 Å². The Hall–Kier alpha value is -2.66. The number of hydrogen-bond donors (Lipinski definition) is 1. The Labute approximate surface area is 147 Å². The van der Waals surface area contributed by atoms with E-state index in [2.05, 4.69) is 20.9 Å². The molecule has 1 N–H and O–H groups in total. The van der Waals surface area contributed by atoms with Gasteiger partial charge < -0.3 is 14.6 Å². The van der Waals surface area contributed by atoms with Crippen LogP contribution in [0.4, 0.5) is 0 Å². The van der Waals surface area contributed by atoms with E-state index in [-0.39, 0.29) is 12.5 Å². The Balaban J connectivity index is 1.36. The number of hydrogen-bond acceptors (Lipinski definition) is 3. The van der Waals surface area contributed by atoms with E-state index in [1.807, 2.05) is 55.6 Å². The number of nitrogens with zero attached hydrogens (tertiary/aromatic N) is 2. The van der Waals surface area contributed by atoms with E-state index < -0.39 is 0 Å². The highest BCUT2D eigenvalue weighted by Crippen LogP contribution is 2.14. The lowest BCUT2D eigenvalue weighted by atomic mass is 10.2. The third-order valence-corrected chi connectivity index (χ3v) is 4.12. The highest BCUT2D eigenvalue weighted by atomic mass is 16.5. The van der Waals surface area contributed by atoms with Crippen LogP contribution in [-0.4, -0.2) is 28.6 Å². The van der Waals surface area contributed by atoms with Crippen LogP contribution >= 0.6 is 0 Å². The summed E-state index contributed by atoms with van der Waals surface area (Å²) in [5, 5.41) is 2.89. The zero-order valence-corrected chi connectivity index (χ0v) is 14.4. The van der Waals surface area contributed by atoms with Gasteiger partial charge in [0.25, 0.3) is 0 Å². The fraction of sp³-hybridized carbons (Fsp3) is 0.300. The van der Waals surface area contributed by atoms with Gasteiger partial charge in [-0.05, 0) is 24.1 Å². The summed E-state index contributed by atoms with van der Waals surface area (Å²) in [7, 11) is 2.03. The van der Waals surface area contributed by atoms with Crippen LogP contribution in [0.2, 0.25) is 0 Å². The molecule has 1 heterocycles.